The van der Waals surface area contributed by atoms with Crippen LogP contribution < -0.4 is 11.0 Å². The van der Waals surface area contributed by atoms with Crippen LogP contribution in [0.4, 0.5) is 10.9 Å². The average Bonchev–Trinajstić information content (AvgIpc) is 3.34. The van der Waals surface area contributed by atoms with Crippen molar-refractivity contribution in [2.45, 2.75) is 46.2 Å². The second-order valence-corrected chi connectivity index (χ2v) is 8.38. The van der Waals surface area contributed by atoms with Gasteiger partial charge in [0.25, 0.3) is 0 Å². The Hall–Kier alpha value is -3.07. The average molecular weight is 425 g/mol. The maximum atomic E-state index is 13.1. The van der Waals surface area contributed by atoms with Crippen molar-refractivity contribution in [3.63, 3.8) is 0 Å². The van der Waals surface area contributed by atoms with Gasteiger partial charge in [-0.15, -0.1) is 11.3 Å². The summed E-state index contributed by atoms with van der Waals surface area (Å²) >= 11 is 1.53. The maximum Gasteiger partial charge on any atom is 0.348 e. The van der Waals surface area contributed by atoms with Crippen LogP contribution in [0.15, 0.2) is 34.4 Å². The van der Waals surface area contributed by atoms with Crippen LogP contribution in [0.5, 0.6) is 0 Å². The Morgan fingerprint density at radius 3 is 2.77 bits per heavy atom. The molecule has 1 aliphatic heterocycles. The van der Waals surface area contributed by atoms with E-state index in [1.165, 1.54) is 15.9 Å². The van der Waals surface area contributed by atoms with Gasteiger partial charge < -0.3 is 10.2 Å². The van der Waals surface area contributed by atoms with E-state index >= 15 is 0 Å². The number of carbonyl (C=O) groups is 1. The number of anilines is 2. The normalized spacial score (nSPS) is 16.1. The Morgan fingerprint density at radius 1 is 1.20 bits per heavy atom. The lowest BCUT2D eigenvalue weighted by molar-refractivity contribution is -0.133. The summed E-state index contributed by atoms with van der Waals surface area (Å²) in [5.74, 6) is 0.611. The van der Waals surface area contributed by atoms with Crippen LogP contribution in [0.2, 0.25) is 0 Å². The lowest BCUT2D eigenvalue weighted by Gasteiger charge is -2.25. The number of rotatable bonds is 5. The van der Waals surface area contributed by atoms with Crippen molar-refractivity contribution in [3.05, 3.63) is 62.9 Å². The van der Waals surface area contributed by atoms with Gasteiger partial charge in [0, 0.05) is 23.3 Å². The Labute approximate surface area is 178 Å². The number of hydrogen-bond acceptors (Lipinski definition) is 7. The molecule has 1 saturated heterocycles. The minimum absolute atomic E-state index is 0.00915. The first kappa shape index (κ1) is 20.2. The van der Waals surface area contributed by atoms with E-state index in [-0.39, 0.29) is 24.2 Å². The van der Waals surface area contributed by atoms with Gasteiger partial charge in [-0.25, -0.2) is 14.8 Å². The van der Waals surface area contributed by atoms with E-state index in [1.807, 2.05) is 48.4 Å². The van der Waals surface area contributed by atoms with Crippen LogP contribution in [-0.4, -0.2) is 36.9 Å². The van der Waals surface area contributed by atoms with Gasteiger partial charge in [-0.3, -0.25) is 9.36 Å². The number of aromatic nitrogens is 4. The fourth-order valence-corrected chi connectivity index (χ4v) is 4.49. The molecule has 0 bridgehead atoms. The van der Waals surface area contributed by atoms with Crippen molar-refractivity contribution < 1.29 is 4.79 Å². The summed E-state index contributed by atoms with van der Waals surface area (Å²) < 4.78 is 1.43. The molecular formula is C21H24N6O2S. The molecule has 1 amide bonds. The summed E-state index contributed by atoms with van der Waals surface area (Å²) in [6.07, 6.45) is 1.75. The molecule has 8 nitrogen and oxygen atoms in total. The predicted octanol–water partition coefficient (Wildman–Crippen LogP) is 3.13. The lowest BCUT2D eigenvalue weighted by Crippen LogP contribution is -2.37. The van der Waals surface area contributed by atoms with Gasteiger partial charge in [0.1, 0.15) is 12.4 Å². The molecule has 4 rings (SSSR count). The van der Waals surface area contributed by atoms with E-state index in [2.05, 4.69) is 15.3 Å². The minimum atomic E-state index is -0.389. The molecule has 1 fully saturated rings. The highest BCUT2D eigenvalue weighted by Crippen LogP contribution is 2.32. The number of likely N-dealkylation sites (tertiary alicyclic amines) is 1. The number of amides is 1. The predicted molar refractivity (Wildman–Crippen MR) is 116 cm³/mol. The number of pyridine rings is 1. The highest BCUT2D eigenvalue weighted by atomic mass is 32.1. The molecule has 3 aromatic rings. The second kappa shape index (κ2) is 8.35. The third-order valence-corrected chi connectivity index (χ3v) is 6.05. The molecule has 0 aromatic carbocycles. The largest absolute Gasteiger partial charge is 0.348 e. The first-order valence-corrected chi connectivity index (χ1v) is 10.8. The molecule has 0 unspecified atom stereocenters. The molecule has 1 N–H and O–H groups in total. The fraction of sp³-hybridized carbons (Fsp3) is 0.381. The van der Waals surface area contributed by atoms with Crippen molar-refractivity contribution >= 4 is 28.2 Å². The molecule has 0 radical (unpaired) electrons. The summed E-state index contributed by atoms with van der Waals surface area (Å²) in [7, 11) is 0. The van der Waals surface area contributed by atoms with E-state index in [1.54, 1.807) is 6.92 Å². The van der Waals surface area contributed by atoms with Gasteiger partial charge in [0.2, 0.25) is 5.91 Å². The molecule has 0 spiro atoms. The van der Waals surface area contributed by atoms with Gasteiger partial charge in [-0.1, -0.05) is 6.07 Å². The van der Waals surface area contributed by atoms with Gasteiger partial charge in [-0.05, 0) is 51.8 Å². The molecule has 30 heavy (non-hydrogen) atoms. The summed E-state index contributed by atoms with van der Waals surface area (Å²) in [4.78, 5) is 40.2. The van der Waals surface area contributed by atoms with E-state index in [0.29, 0.717) is 18.1 Å². The van der Waals surface area contributed by atoms with Gasteiger partial charge in [0.05, 0.1) is 17.4 Å². The molecule has 1 aliphatic rings. The molecule has 0 saturated carbocycles. The number of thiazole rings is 1. The standard InChI is InChI=1S/C21H24N6O2S/c1-13-10-15(3)27(21(29)23-13)11-19(28)26-9-5-7-17(26)16-6-4-8-18(24-16)25-20-22-14(2)12-30-20/h4,6,8,10,12,17H,5,7,9,11H2,1-3H3,(H,22,24,25)/t17-/m0/s1. The summed E-state index contributed by atoms with van der Waals surface area (Å²) in [6.45, 7) is 6.19. The third kappa shape index (κ3) is 4.25. The SMILES string of the molecule is Cc1csc(Nc2cccc([C@@H]3CCCN3C(=O)Cn3c(C)cc(C)nc3=O)n2)n1. The van der Waals surface area contributed by atoms with Gasteiger partial charge in [0.15, 0.2) is 5.13 Å². The minimum Gasteiger partial charge on any atom is -0.333 e. The maximum absolute atomic E-state index is 13.1. The number of carbonyl (C=O) groups excluding carboxylic acids is 1. The van der Waals surface area contributed by atoms with E-state index in [0.717, 1.165) is 35.1 Å². The third-order valence-electron chi connectivity index (χ3n) is 5.18. The highest BCUT2D eigenvalue weighted by molar-refractivity contribution is 7.13. The monoisotopic (exact) mass is 424 g/mol. The van der Waals surface area contributed by atoms with Crippen molar-refractivity contribution in [3.8, 4) is 0 Å². The first-order valence-electron chi connectivity index (χ1n) is 9.91. The molecule has 1 atom stereocenters. The topological polar surface area (TPSA) is 93.0 Å². The van der Waals surface area contributed by atoms with Crippen molar-refractivity contribution in [1.29, 1.82) is 0 Å². The number of aryl methyl sites for hydroxylation is 3. The van der Waals surface area contributed by atoms with Crippen LogP contribution in [0.1, 0.15) is 41.7 Å². The van der Waals surface area contributed by atoms with E-state index in [9.17, 15) is 9.59 Å². The molecule has 156 valence electrons. The molecule has 0 aliphatic carbocycles. The zero-order valence-corrected chi connectivity index (χ0v) is 18.1. The second-order valence-electron chi connectivity index (χ2n) is 7.52. The molecule has 3 aromatic heterocycles. The molecule has 9 heteroatoms. The zero-order valence-electron chi connectivity index (χ0n) is 17.3. The van der Waals surface area contributed by atoms with Crippen LogP contribution in [0, 0.1) is 20.8 Å². The number of hydrogen-bond donors (Lipinski definition) is 1. The van der Waals surface area contributed by atoms with Crippen LogP contribution in [0.3, 0.4) is 0 Å². The van der Waals surface area contributed by atoms with Crippen LogP contribution in [0.25, 0.3) is 0 Å². The Morgan fingerprint density at radius 2 is 2.03 bits per heavy atom. The summed E-state index contributed by atoms with van der Waals surface area (Å²) in [6, 6.07) is 7.48. The van der Waals surface area contributed by atoms with E-state index in [4.69, 9.17) is 4.98 Å². The molecular weight excluding hydrogens is 400 g/mol. The Bertz CT molecular complexity index is 1140. The van der Waals surface area contributed by atoms with Gasteiger partial charge in [-0.2, -0.15) is 4.98 Å². The van der Waals surface area contributed by atoms with Gasteiger partial charge >= 0.3 is 5.69 Å². The Kier molecular flexibility index (Phi) is 5.63. The number of nitrogens with zero attached hydrogens (tertiary/aromatic N) is 5. The van der Waals surface area contributed by atoms with Crippen LogP contribution >= 0.6 is 11.3 Å². The molecule has 4 heterocycles. The summed E-state index contributed by atoms with van der Waals surface area (Å²) in [5.41, 5.74) is 2.80. The van der Waals surface area contributed by atoms with Crippen molar-refractivity contribution in [1.82, 2.24) is 24.4 Å². The fourth-order valence-electron chi connectivity index (χ4n) is 3.79. The zero-order chi connectivity index (χ0) is 21.3. The van der Waals surface area contributed by atoms with Crippen molar-refractivity contribution in [2.75, 3.05) is 11.9 Å². The van der Waals surface area contributed by atoms with Crippen LogP contribution in [-0.2, 0) is 11.3 Å². The quantitative estimate of drug-likeness (QED) is 0.676. The van der Waals surface area contributed by atoms with E-state index < -0.39 is 0 Å². The Balaban J connectivity index is 1.53. The summed E-state index contributed by atoms with van der Waals surface area (Å²) in [5, 5.41) is 6.00. The first-order chi connectivity index (χ1) is 14.4. The number of nitrogens with one attached hydrogen (secondary N) is 1. The lowest BCUT2D eigenvalue weighted by atomic mass is 10.1. The highest BCUT2D eigenvalue weighted by Gasteiger charge is 2.31. The smallest absolute Gasteiger partial charge is 0.333 e. The van der Waals surface area contributed by atoms with Crippen molar-refractivity contribution in [2.24, 2.45) is 0 Å².